The quantitative estimate of drug-likeness (QED) is 0.657. The van der Waals surface area contributed by atoms with Gasteiger partial charge >= 0.3 is 0 Å². The monoisotopic (exact) mass is 482 g/mol. The van der Waals surface area contributed by atoms with Gasteiger partial charge in [0, 0.05) is 61.2 Å². The number of halogens is 1. The van der Waals surface area contributed by atoms with E-state index in [-0.39, 0.29) is 29.6 Å². The Hall–Kier alpha value is -2.71. The van der Waals surface area contributed by atoms with E-state index in [0.717, 1.165) is 29.8 Å². The van der Waals surface area contributed by atoms with E-state index in [1.54, 1.807) is 0 Å². The molecule has 2 aromatic rings. The van der Waals surface area contributed by atoms with Gasteiger partial charge in [0.15, 0.2) is 0 Å². The maximum Gasteiger partial charge on any atom is 0.231 e. The van der Waals surface area contributed by atoms with Crippen LogP contribution in [0.25, 0.3) is 0 Å². The topological polar surface area (TPSA) is 90.5 Å². The molecule has 8 nitrogen and oxygen atoms in total. The lowest BCUT2D eigenvalue weighted by Gasteiger charge is -2.43. The summed E-state index contributed by atoms with van der Waals surface area (Å²) in [7, 11) is 0. The highest BCUT2D eigenvalue weighted by Crippen LogP contribution is 2.50. The van der Waals surface area contributed by atoms with Gasteiger partial charge in [0.25, 0.3) is 0 Å². The van der Waals surface area contributed by atoms with Crippen LogP contribution in [0.1, 0.15) is 49.7 Å². The molecule has 5 rings (SSSR count). The summed E-state index contributed by atoms with van der Waals surface area (Å²) in [5.74, 6) is 1.74. The molecular weight excluding hydrogens is 452 g/mol. The Bertz CT molecular complexity index is 1070. The van der Waals surface area contributed by atoms with Crippen molar-refractivity contribution in [3.8, 4) is 0 Å². The van der Waals surface area contributed by atoms with Crippen molar-refractivity contribution in [2.24, 2.45) is 5.92 Å². The second-order valence-corrected chi connectivity index (χ2v) is 10.2. The van der Waals surface area contributed by atoms with Gasteiger partial charge < -0.3 is 20.4 Å². The number of hydrogen-bond acceptors (Lipinski definition) is 6. The average molecular weight is 483 g/mol. The molecule has 0 bridgehead atoms. The molecule has 1 aromatic heterocycles. The van der Waals surface area contributed by atoms with Crippen LogP contribution in [0.3, 0.4) is 0 Å². The highest BCUT2D eigenvalue weighted by Gasteiger charge is 2.45. The number of aromatic nitrogens is 2. The van der Waals surface area contributed by atoms with Crippen LogP contribution in [0.2, 0.25) is 5.02 Å². The normalized spacial score (nSPS) is 22.5. The van der Waals surface area contributed by atoms with E-state index >= 15 is 0 Å². The highest BCUT2D eigenvalue weighted by molar-refractivity contribution is 6.30. The minimum absolute atomic E-state index is 0.0358. The fraction of sp³-hybridized carbons (Fsp3) is 0.520. The first kappa shape index (κ1) is 23.1. The molecule has 1 saturated heterocycles. The van der Waals surface area contributed by atoms with Crippen LogP contribution in [-0.4, -0.2) is 65.4 Å². The van der Waals surface area contributed by atoms with Crippen molar-refractivity contribution in [3.05, 3.63) is 46.7 Å². The summed E-state index contributed by atoms with van der Waals surface area (Å²) in [6, 6.07) is 7.86. The summed E-state index contributed by atoms with van der Waals surface area (Å²) in [6.07, 6.45) is 3.44. The van der Waals surface area contributed by atoms with Crippen molar-refractivity contribution in [3.63, 3.8) is 0 Å². The minimum Gasteiger partial charge on any atom is -0.353 e. The number of rotatable bonds is 6. The number of nitrogens with zero attached hydrogens (tertiary/aromatic N) is 4. The summed E-state index contributed by atoms with van der Waals surface area (Å²) in [5, 5.41) is 7.05. The van der Waals surface area contributed by atoms with E-state index in [4.69, 9.17) is 11.6 Å². The molecule has 0 spiro atoms. The Balaban J connectivity index is 1.30. The van der Waals surface area contributed by atoms with Gasteiger partial charge in [-0.1, -0.05) is 37.6 Å². The largest absolute Gasteiger partial charge is 0.353 e. The number of hydrogen-bond donors (Lipinski definition) is 2. The standard InChI is InChI=1S/C25H31ClN6O2/c1-15(2)27-13-20(16-3-5-17(26)6-4-16)25(34)32-11-9-31(10-12-32)23-21-18-7-8-19(18)24(33)30-22(21)28-14-29-23/h3-6,14-15,18-20,27H,7-13H2,1-2H3,(H,28,29,30,33)/t18-,19+,20-/m1/s1. The third-order valence-corrected chi connectivity index (χ3v) is 7.53. The van der Waals surface area contributed by atoms with Crippen LogP contribution in [0.4, 0.5) is 11.6 Å². The van der Waals surface area contributed by atoms with E-state index in [9.17, 15) is 9.59 Å². The van der Waals surface area contributed by atoms with Gasteiger partial charge in [0.1, 0.15) is 18.0 Å². The number of carbonyl (C=O) groups excluding carboxylic acids is 2. The van der Waals surface area contributed by atoms with Crippen molar-refractivity contribution >= 4 is 35.1 Å². The van der Waals surface area contributed by atoms with Gasteiger partial charge in [-0.05, 0) is 30.5 Å². The first-order valence-electron chi connectivity index (χ1n) is 12.1. The van der Waals surface area contributed by atoms with Gasteiger partial charge in [-0.15, -0.1) is 0 Å². The van der Waals surface area contributed by atoms with Crippen molar-refractivity contribution < 1.29 is 9.59 Å². The molecule has 3 heterocycles. The lowest BCUT2D eigenvalue weighted by Crippen LogP contribution is -2.52. The zero-order valence-corrected chi connectivity index (χ0v) is 20.4. The minimum atomic E-state index is -0.260. The molecule has 0 radical (unpaired) electrons. The molecule has 34 heavy (non-hydrogen) atoms. The second-order valence-electron chi connectivity index (χ2n) is 9.72. The van der Waals surface area contributed by atoms with Crippen molar-refractivity contribution in [1.29, 1.82) is 0 Å². The lowest BCUT2D eigenvalue weighted by molar-refractivity contribution is -0.133. The van der Waals surface area contributed by atoms with Gasteiger partial charge in [-0.25, -0.2) is 9.97 Å². The molecule has 9 heteroatoms. The molecule has 2 aliphatic heterocycles. The number of anilines is 2. The summed E-state index contributed by atoms with van der Waals surface area (Å²) < 4.78 is 0. The van der Waals surface area contributed by atoms with Crippen LogP contribution < -0.4 is 15.5 Å². The SMILES string of the molecule is CC(C)NC[C@@H](C(=O)N1CCN(c2ncnc3c2[C@@H]2CC[C@@H]2C(=O)N3)CC1)c1ccc(Cl)cc1. The van der Waals surface area contributed by atoms with Crippen molar-refractivity contribution in [1.82, 2.24) is 20.2 Å². The summed E-state index contributed by atoms with van der Waals surface area (Å²) in [4.78, 5) is 39.0. The Morgan fingerprint density at radius 2 is 1.82 bits per heavy atom. The predicted octanol–water partition coefficient (Wildman–Crippen LogP) is 3.01. The fourth-order valence-corrected chi connectivity index (χ4v) is 5.33. The maximum atomic E-state index is 13.6. The molecule has 180 valence electrons. The molecular formula is C25H31ClN6O2. The average Bonchev–Trinajstić information content (AvgIpc) is 2.80. The first-order valence-corrected chi connectivity index (χ1v) is 12.5. The third kappa shape index (κ3) is 4.36. The van der Waals surface area contributed by atoms with Gasteiger partial charge in [0.2, 0.25) is 11.8 Å². The predicted molar refractivity (Wildman–Crippen MR) is 132 cm³/mol. The fourth-order valence-electron chi connectivity index (χ4n) is 5.20. The van der Waals surface area contributed by atoms with E-state index in [0.29, 0.717) is 49.6 Å². The van der Waals surface area contributed by atoms with E-state index < -0.39 is 0 Å². The Morgan fingerprint density at radius 1 is 1.12 bits per heavy atom. The molecule has 3 aliphatic rings. The third-order valence-electron chi connectivity index (χ3n) is 7.28. The maximum absolute atomic E-state index is 13.6. The zero-order valence-electron chi connectivity index (χ0n) is 19.6. The van der Waals surface area contributed by atoms with E-state index in [1.165, 1.54) is 6.33 Å². The Kier molecular flexibility index (Phi) is 6.44. The number of carbonyl (C=O) groups is 2. The van der Waals surface area contributed by atoms with E-state index in [2.05, 4.69) is 39.3 Å². The van der Waals surface area contributed by atoms with Crippen LogP contribution in [0.15, 0.2) is 30.6 Å². The summed E-state index contributed by atoms with van der Waals surface area (Å²) in [5.41, 5.74) is 2.04. The Labute approximate surface area is 205 Å². The smallest absolute Gasteiger partial charge is 0.231 e. The second kappa shape index (κ2) is 9.50. The first-order chi connectivity index (χ1) is 16.4. The number of fused-ring (bicyclic) bond motifs is 3. The zero-order chi connectivity index (χ0) is 23.8. The lowest BCUT2D eigenvalue weighted by atomic mass is 9.68. The molecule has 1 aliphatic carbocycles. The Morgan fingerprint density at radius 3 is 2.47 bits per heavy atom. The van der Waals surface area contributed by atoms with Crippen LogP contribution in [-0.2, 0) is 9.59 Å². The molecule has 2 amide bonds. The summed E-state index contributed by atoms with van der Waals surface area (Å²) in [6.45, 7) is 7.41. The number of piperazine rings is 1. The van der Waals surface area contributed by atoms with Gasteiger partial charge in [-0.3, -0.25) is 9.59 Å². The van der Waals surface area contributed by atoms with Crippen LogP contribution >= 0.6 is 11.6 Å². The van der Waals surface area contributed by atoms with Gasteiger partial charge in [0.05, 0.1) is 5.92 Å². The van der Waals surface area contributed by atoms with Crippen molar-refractivity contribution in [2.45, 2.75) is 44.6 Å². The van der Waals surface area contributed by atoms with Crippen LogP contribution in [0, 0.1) is 5.92 Å². The van der Waals surface area contributed by atoms with Crippen LogP contribution in [0.5, 0.6) is 0 Å². The molecule has 2 fully saturated rings. The van der Waals surface area contributed by atoms with Crippen molar-refractivity contribution in [2.75, 3.05) is 42.9 Å². The number of amides is 2. The summed E-state index contributed by atoms with van der Waals surface area (Å²) >= 11 is 6.08. The molecule has 3 atom stereocenters. The number of nitrogens with one attached hydrogen (secondary N) is 2. The molecule has 1 saturated carbocycles. The van der Waals surface area contributed by atoms with Gasteiger partial charge in [-0.2, -0.15) is 0 Å². The number of benzene rings is 1. The molecule has 1 aromatic carbocycles. The van der Waals surface area contributed by atoms with E-state index in [1.807, 2.05) is 29.2 Å². The molecule has 2 N–H and O–H groups in total. The molecule has 0 unspecified atom stereocenters. The highest BCUT2D eigenvalue weighted by atomic mass is 35.5.